The number of aromatic nitrogens is 1. The van der Waals surface area contributed by atoms with E-state index in [1.807, 2.05) is 29.2 Å². The predicted molar refractivity (Wildman–Crippen MR) is 104 cm³/mol. The van der Waals surface area contributed by atoms with Crippen LogP contribution in [0.15, 0.2) is 30.5 Å². The highest BCUT2D eigenvalue weighted by Gasteiger charge is 2.55. The predicted octanol–water partition coefficient (Wildman–Crippen LogP) is 1.63. The molecule has 1 aromatic carbocycles. The number of para-hydroxylation sites is 1. The van der Waals surface area contributed by atoms with Gasteiger partial charge >= 0.3 is 5.97 Å². The lowest BCUT2D eigenvalue weighted by molar-refractivity contribution is -0.153. The molecule has 0 radical (unpaired) electrons. The van der Waals surface area contributed by atoms with Gasteiger partial charge in [-0.1, -0.05) is 18.2 Å². The Morgan fingerprint density at radius 3 is 2.83 bits per heavy atom. The molecular formula is C20H22N2O6S. The van der Waals surface area contributed by atoms with Gasteiger partial charge in [-0.15, -0.1) is 0 Å². The van der Waals surface area contributed by atoms with Crippen LogP contribution in [0, 0.1) is 11.8 Å². The highest BCUT2D eigenvalue weighted by atomic mass is 32.2. The monoisotopic (exact) mass is 418 g/mol. The average molecular weight is 418 g/mol. The number of rotatable bonds is 4. The van der Waals surface area contributed by atoms with Crippen molar-refractivity contribution in [3.05, 3.63) is 36.0 Å². The molecule has 6 unspecified atom stereocenters. The van der Waals surface area contributed by atoms with E-state index in [2.05, 4.69) is 4.98 Å². The van der Waals surface area contributed by atoms with Crippen molar-refractivity contribution in [1.82, 2.24) is 9.88 Å². The molecule has 8 nitrogen and oxygen atoms in total. The summed E-state index contributed by atoms with van der Waals surface area (Å²) in [6, 6.07) is 7.40. The van der Waals surface area contributed by atoms with Crippen LogP contribution in [0.2, 0.25) is 0 Å². The van der Waals surface area contributed by atoms with Crippen molar-refractivity contribution < 1.29 is 27.3 Å². The van der Waals surface area contributed by atoms with Crippen molar-refractivity contribution in [2.24, 2.45) is 11.8 Å². The number of nitrogens with zero attached hydrogens (tertiary/aromatic N) is 1. The maximum absolute atomic E-state index is 12.8. The highest BCUT2D eigenvalue weighted by molar-refractivity contribution is 7.85. The summed E-state index contributed by atoms with van der Waals surface area (Å²) in [4.78, 5) is 30.2. The molecule has 9 heteroatoms. The number of ether oxygens (including phenoxy) is 1. The number of benzene rings is 1. The third-order valence-corrected chi connectivity index (χ3v) is 7.52. The van der Waals surface area contributed by atoms with Crippen LogP contribution in [0.25, 0.3) is 10.9 Å². The molecule has 4 fully saturated rings. The topological polar surface area (TPSA) is 117 Å². The number of piperidine rings is 4. The maximum atomic E-state index is 12.8. The fourth-order valence-electron chi connectivity index (χ4n) is 5.53. The normalized spacial score (nSPS) is 33.8. The van der Waals surface area contributed by atoms with Gasteiger partial charge in [0.05, 0.1) is 17.9 Å². The molecule has 4 aliphatic rings. The summed E-state index contributed by atoms with van der Waals surface area (Å²) in [5.74, 6) is -1.60. The number of H-pyrrole nitrogens is 1. The number of ketones is 1. The summed E-state index contributed by atoms with van der Waals surface area (Å²) in [7, 11) is -4.20. The lowest BCUT2D eigenvalue weighted by Gasteiger charge is -2.57. The van der Waals surface area contributed by atoms with E-state index >= 15 is 0 Å². The van der Waals surface area contributed by atoms with Gasteiger partial charge in [-0.05, 0) is 12.5 Å². The Kier molecular flexibility index (Phi) is 4.30. The van der Waals surface area contributed by atoms with E-state index < -0.39 is 27.8 Å². The zero-order chi connectivity index (χ0) is 20.3. The van der Waals surface area contributed by atoms with Crippen LogP contribution in [-0.2, 0) is 19.6 Å². The van der Waals surface area contributed by atoms with Crippen LogP contribution >= 0.6 is 0 Å². The Bertz CT molecular complexity index is 1090. The first kappa shape index (κ1) is 18.8. The fraction of sp³-hybridized carbons (Fsp3) is 0.500. The van der Waals surface area contributed by atoms with Crippen molar-refractivity contribution in [1.29, 1.82) is 0 Å². The molecule has 0 spiro atoms. The van der Waals surface area contributed by atoms with E-state index in [9.17, 15) is 22.6 Å². The number of carbonyl (C=O) groups excluding carboxylic acids is 2. The minimum absolute atomic E-state index is 0.0420. The second kappa shape index (κ2) is 6.65. The molecule has 154 valence electrons. The van der Waals surface area contributed by atoms with Gasteiger partial charge < -0.3 is 9.72 Å². The van der Waals surface area contributed by atoms with E-state index in [4.69, 9.17) is 4.74 Å². The van der Waals surface area contributed by atoms with E-state index in [0.29, 0.717) is 31.4 Å². The smallest absolute Gasteiger partial charge is 0.340 e. The summed E-state index contributed by atoms with van der Waals surface area (Å²) in [6.07, 6.45) is 2.94. The molecule has 29 heavy (non-hydrogen) atoms. The molecule has 5 heterocycles. The van der Waals surface area contributed by atoms with Gasteiger partial charge in [0.15, 0.2) is 0 Å². The number of esters is 1. The van der Waals surface area contributed by atoms with Gasteiger partial charge in [-0.2, -0.15) is 8.42 Å². The highest BCUT2D eigenvalue weighted by Crippen LogP contribution is 2.46. The van der Waals surface area contributed by atoms with Crippen molar-refractivity contribution in [2.75, 3.05) is 12.3 Å². The van der Waals surface area contributed by atoms with Crippen LogP contribution in [-0.4, -0.2) is 65.1 Å². The quantitative estimate of drug-likeness (QED) is 0.572. The molecular weight excluding hydrogens is 396 g/mol. The molecule has 6 atom stereocenters. The number of Topliss-reactive ketones (excluding diaryl/α,β-unsaturated/α-hetero) is 1. The zero-order valence-corrected chi connectivity index (χ0v) is 16.5. The first-order valence-electron chi connectivity index (χ1n) is 9.81. The number of fused-ring (bicyclic) bond motifs is 2. The molecule has 2 aromatic rings. The van der Waals surface area contributed by atoms with E-state index in [-0.39, 0.29) is 29.9 Å². The Labute approximate surface area is 168 Å². The van der Waals surface area contributed by atoms with Gasteiger partial charge in [-0.3, -0.25) is 14.2 Å². The third-order valence-electron chi connectivity index (χ3n) is 6.71. The van der Waals surface area contributed by atoms with Crippen LogP contribution in [0.1, 0.15) is 29.6 Å². The summed E-state index contributed by atoms with van der Waals surface area (Å²) in [5, 5.41) is 0.797. The van der Waals surface area contributed by atoms with E-state index in [0.717, 1.165) is 10.9 Å². The number of carbonyl (C=O) groups is 2. The molecule has 1 aromatic heterocycles. The SMILES string of the molecule is O=C(OC1CC2CC3C(=O)CN2C(C1)C3CS(=O)(=O)O)c1c[nH]c2ccccc12. The molecule has 0 aliphatic carbocycles. The molecule has 4 bridgehead atoms. The zero-order valence-electron chi connectivity index (χ0n) is 15.7. The van der Waals surface area contributed by atoms with Gasteiger partial charge in [0.25, 0.3) is 10.1 Å². The number of aromatic amines is 1. The minimum Gasteiger partial charge on any atom is -0.459 e. The molecule has 6 rings (SSSR count). The second-order valence-corrected chi connectivity index (χ2v) is 9.86. The van der Waals surface area contributed by atoms with Crippen LogP contribution < -0.4 is 0 Å². The minimum atomic E-state index is -4.20. The summed E-state index contributed by atoms with van der Waals surface area (Å²) in [5.41, 5.74) is 1.33. The van der Waals surface area contributed by atoms with Gasteiger partial charge in [0.2, 0.25) is 0 Å². The summed E-state index contributed by atoms with van der Waals surface area (Å²) >= 11 is 0. The van der Waals surface area contributed by atoms with Crippen LogP contribution in [0.5, 0.6) is 0 Å². The lowest BCUT2D eigenvalue weighted by atomic mass is 9.66. The Morgan fingerprint density at radius 1 is 1.24 bits per heavy atom. The Balaban J connectivity index is 1.36. The number of nitrogens with one attached hydrogen (secondary N) is 1. The molecule has 4 saturated heterocycles. The Hall–Kier alpha value is -2.23. The van der Waals surface area contributed by atoms with Crippen molar-refractivity contribution >= 4 is 32.8 Å². The van der Waals surface area contributed by atoms with Crippen molar-refractivity contribution in [3.63, 3.8) is 0 Å². The first-order chi connectivity index (χ1) is 13.8. The van der Waals surface area contributed by atoms with E-state index in [1.54, 1.807) is 6.20 Å². The largest absolute Gasteiger partial charge is 0.459 e. The van der Waals surface area contributed by atoms with Crippen molar-refractivity contribution in [2.45, 2.75) is 37.5 Å². The van der Waals surface area contributed by atoms with Crippen LogP contribution in [0.4, 0.5) is 0 Å². The van der Waals surface area contributed by atoms with E-state index in [1.165, 1.54) is 0 Å². The lowest BCUT2D eigenvalue weighted by Crippen LogP contribution is -2.68. The van der Waals surface area contributed by atoms with Gasteiger partial charge in [0, 0.05) is 53.9 Å². The maximum Gasteiger partial charge on any atom is 0.340 e. The average Bonchev–Trinajstić information content (AvgIpc) is 3.08. The number of hydrogen-bond acceptors (Lipinski definition) is 6. The first-order valence-corrected chi connectivity index (χ1v) is 11.4. The van der Waals surface area contributed by atoms with Gasteiger partial charge in [-0.25, -0.2) is 4.79 Å². The summed E-state index contributed by atoms with van der Waals surface area (Å²) in [6.45, 7) is 0.311. The number of hydrogen-bond donors (Lipinski definition) is 2. The molecule has 4 aliphatic heterocycles. The van der Waals surface area contributed by atoms with Crippen LogP contribution in [0.3, 0.4) is 0 Å². The standard InChI is InChI=1S/C20H22N2O6S/c23-19-9-22-11-5-12(7-18(22)16(14(19)6-11)10-29(25,26)27)28-20(24)15-8-21-17-4-2-1-3-13(15)17/h1-4,8,11-12,14,16,18,21H,5-7,9-10H2,(H,25,26,27). The molecule has 0 amide bonds. The fourth-order valence-corrected chi connectivity index (χ4v) is 6.48. The molecule has 0 saturated carbocycles. The summed E-state index contributed by atoms with van der Waals surface area (Å²) < 4.78 is 38.2. The molecule has 2 N–H and O–H groups in total. The third kappa shape index (κ3) is 3.27. The Morgan fingerprint density at radius 2 is 2.03 bits per heavy atom. The second-order valence-electron chi connectivity index (χ2n) is 8.36. The van der Waals surface area contributed by atoms with Crippen molar-refractivity contribution in [3.8, 4) is 0 Å². The van der Waals surface area contributed by atoms with Gasteiger partial charge in [0.1, 0.15) is 11.9 Å².